The topological polar surface area (TPSA) is 56.3 Å². The molecule has 2 N–H and O–H groups in total. The molecule has 0 bridgehead atoms. The van der Waals surface area contributed by atoms with Gasteiger partial charge in [-0.15, -0.1) is 0 Å². The van der Waals surface area contributed by atoms with Gasteiger partial charge in [-0.2, -0.15) is 0 Å². The van der Waals surface area contributed by atoms with Crippen LogP contribution in [0.1, 0.15) is 11.1 Å². The van der Waals surface area contributed by atoms with Crippen LogP contribution in [0, 0.1) is 5.92 Å². The Morgan fingerprint density at radius 2 is 2.29 bits per heavy atom. The van der Waals surface area contributed by atoms with E-state index >= 15 is 0 Å². The molecule has 2 aliphatic rings. The van der Waals surface area contributed by atoms with E-state index in [-0.39, 0.29) is 6.04 Å². The summed E-state index contributed by atoms with van der Waals surface area (Å²) in [7, 11) is 2.01. The van der Waals surface area contributed by atoms with E-state index in [0.29, 0.717) is 6.54 Å². The number of fused-ring (bicyclic) bond motifs is 2. The summed E-state index contributed by atoms with van der Waals surface area (Å²) >= 11 is 3.56. The van der Waals surface area contributed by atoms with Crippen LogP contribution in [0.3, 0.4) is 0 Å². The highest BCUT2D eigenvalue weighted by Gasteiger charge is 2.35. The highest BCUT2D eigenvalue weighted by molar-refractivity contribution is 9.10. The summed E-state index contributed by atoms with van der Waals surface area (Å²) in [6.45, 7) is 0.570. The highest BCUT2D eigenvalue weighted by atomic mass is 79.9. The first-order valence-electron chi connectivity index (χ1n) is 6.99. The average Bonchev–Trinajstić information content (AvgIpc) is 2.83. The van der Waals surface area contributed by atoms with Crippen LogP contribution in [0.4, 0.5) is 0 Å². The minimum Gasteiger partial charge on any atom is -0.481 e. The first-order chi connectivity index (χ1) is 10.0. The number of hydrogen-bond donors (Lipinski definition) is 2. The van der Waals surface area contributed by atoms with Crippen molar-refractivity contribution in [1.29, 1.82) is 0 Å². The minimum atomic E-state index is -0.751. The molecule has 0 amide bonds. The summed E-state index contributed by atoms with van der Waals surface area (Å²) in [5.74, 6) is -1.19. The predicted molar refractivity (Wildman–Crippen MR) is 85.2 cm³/mol. The van der Waals surface area contributed by atoms with Crippen molar-refractivity contribution in [2.75, 3.05) is 13.6 Å². The maximum atomic E-state index is 11.4. The van der Waals surface area contributed by atoms with Gasteiger partial charge in [0.2, 0.25) is 0 Å². The Balaban J connectivity index is 1.98. The second-order valence-electron chi connectivity index (χ2n) is 5.92. The van der Waals surface area contributed by atoms with Crippen molar-refractivity contribution in [1.82, 2.24) is 9.88 Å². The number of nitrogens with zero attached hydrogens (tertiary/aromatic N) is 1. The zero-order valence-corrected chi connectivity index (χ0v) is 13.1. The number of aromatic amines is 1. The molecule has 2 aromatic rings. The zero-order valence-electron chi connectivity index (χ0n) is 11.6. The lowest BCUT2D eigenvalue weighted by Crippen LogP contribution is -2.44. The van der Waals surface area contributed by atoms with Crippen molar-refractivity contribution in [2.24, 2.45) is 5.92 Å². The molecular weight excluding hydrogens is 332 g/mol. The van der Waals surface area contributed by atoms with Crippen molar-refractivity contribution in [3.05, 3.63) is 40.0 Å². The van der Waals surface area contributed by atoms with Gasteiger partial charge < -0.3 is 10.1 Å². The molecule has 0 saturated heterocycles. The standard InChI is InChI=1S/C16H15BrN2O2/c1-19-7-9(16(20)21)2-11-12-4-10(17)5-13-15(12)8(6-18-13)3-14(11)19/h2,4-6,9,14,18H,3,7H2,1H3,(H,20,21)/t9-,14-/m1/s1. The number of hydrogen-bond acceptors (Lipinski definition) is 2. The largest absolute Gasteiger partial charge is 0.481 e. The Morgan fingerprint density at radius 3 is 3.05 bits per heavy atom. The number of carboxylic acid groups (broad SMARTS) is 1. The normalized spacial score (nSPS) is 24.8. The van der Waals surface area contributed by atoms with E-state index in [0.717, 1.165) is 27.5 Å². The van der Waals surface area contributed by atoms with Crippen LogP contribution in [-0.2, 0) is 11.2 Å². The van der Waals surface area contributed by atoms with E-state index in [1.807, 2.05) is 13.1 Å². The number of likely N-dealkylation sites (N-methyl/N-ethyl adjacent to an activating group) is 1. The summed E-state index contributed by atoms with van der Waals surface area (Å²) in [4.78, 5) is 16.9. The quantitative estimate of drug-likeness (QED) is 0.834. The molecule has 21 heavy (non-hydrogen) atoms. The molecule has 1 aliphatic heterocycles. The number of carbonyl (C=O) groups is 1. The SMILES string of the molecule is CN1C[C@H](C(=O)O)C=C2c3cc(Br)cc4[nH]cc(c34)C[C@H]21. The third-order valence-electron chi connectivity index (χ3n) is 4.62. The molecule has 0 saturated carbocycles. The first-order valence-corrected chi connectivity index (χ1v) is 7.78. The van der Waals surface area contributed by atoms with Gasteiger partial charge >= 0.3 is 5.97 Å². The molecule has 5 heteroatoms. The third kappa shape index (κ3) is 1.88. The molecule has 0 unspecified atom stereocenters. The van der Waals surface area contributed by atoms with E-state index in [4.69, 9.17) is 0 Å². The van der Waals surface area contributed by atoms with Crippen LogP contribution in [-0.4, -0.2) is 40.6 Å². The number of nitrogens with one attached hydrogen (secondary N) is 1. The lowest BCUT2D eigenvalue weighted by Gasteiger charge is -2.38. The van der Waals surface area contributed by atoms with Crippen molar-refractivity contribution < 1.29 is 9.90 Å². The number of aliphatic carboxylic acids is 1. The molecule has 2 atom stereocenters. The minimum absolute atomic E-state index is 0.265. The monoisotopic (exact) mass is 346 g/mol. The van der Waals surface area contributed by atoms with Crippen LogP contribution in [0.25, 0.3) is 16.5 Å². The van der Waals surface area contributed by atoms with Gasteiger partial charge in [-0.1, -0.05) is 22.0 Å². The van der Waals surface area contributed by atoms with Crippen molar-refractivity contribution >= 4 is 38.4 Å². The summed E-state index contributed by atoms with van der Waals surface area (Å²) in [5.41, 5.74) is 4.73. The van der Waals surface area contributed by atoms with Crippen molar-refractivity contribution in [3.8, 4) is 0 Å². The second kappa shape index (κ2) is 4.45. The lowest BCUT2D eigenvalue weighted by molar-refractivity contribution is -0.140. The molecule has 108 valence electrons. The first kappa shape index (κ1) is 13.1. The molecule has 1 aromatic heterocycles. The van der Waals surface area contributed by atoms with Crippen molar-refractivity contribution in [3.63, 3.8) is 0 Å². The van der Waals surface area contributed by atoms with Gasteiger partial charge in [-0.3, -0.25) is 9.69 Å². The maximum absolute atomic E-state index is 11.4. The Hall–Kier alpha value is -1.59. The smallest absolute Gasteiger partial charge is 0.311 e. The van der Waals surface area contributed by atoms with Gasteiger partial charge in [0.1, 0.15) is 0 Å². The Kier molecular flexibility index (Phi) is 2.78. The fraction of sp³-hybridized carbons (Fsp3) is 0.312. The average molecular weight is 347 g/mol. The zero-order chi connectivity index (χ0) is 14.7. The highest BCUT2D eigenvalue weighted by Crippen LogP contribution is 2.42. The van der Waals surface area contributed by atoms with E-state index in [9.17, 15) is 9.90 Å². The number of halogens is 1. The van der Waals surface area contributed by atoms with Crippen LogP contribution in [0.15, 0.2) is 28.9 Å². The van der Waals surface area contributed by atoms with E-state index in [1.165, 1.54) is 10.9 Å². The van der Waals surface area contributed by atoms with Gasteiger partial charge in [0.05, 0.1) is 5.92 Å². The van der Waals surface area contributed by atoms with Crippen LogP contribution in [0.2, 0.25) is 0 Å². The number of H-pyrrole nitrogens is 1. The third-order valence-corrected chi connectivity index (χ3v) is 5.08. The van der Waals surface area contributed by atoms with Crippen LogP contribution >= 0.6 is 15.9 Å². The lowest BCUT2D eigenvalue weighted by atomic mass is 9.80. The second-order valence-corrected chi connectivity index (χ2v) is 6.83. The number of carboxylic acids is 1. The Labute approximate surface area is 130 Å². The Morgan fingerprint density at radius 1 is 1.48 bits per heavy atom. The van der Waals surface area contributed by atoms with Crippen LogP contribution in [0.5, 0.6) is 0 Å². The van der Waals surface area contributed by atoms with Gasteiger partial charge in [0.15, 0.2) is 0 Å². The molecule has 0 fully saturated rings. The summed E-state index contributed by atoms with van der Waals surface area (Å²) in [6.07, 6.45) is 4.96. The van der Waals surface area contributed by atoms with Crippen LogP contribution < -0.4 is 0 Å². The Bertz CT molecular complexity index is 793. The van der Waals surface area contributed by atoms with E-state index < -0.39 is 11.9 Å². The van der Waals surface area contributed by atoms with Gasteiger partial charge in [0, 0.05) is 34.2 Å². The molecule has 1 aliphatic carbocycles. The molecule has 4 rings (SSSR count). The van der Waals surface area contributed by atoms with Crippen molar-refractivity contribution in [2.45, 2.75) is 12.5 Å². The number of rotatable bonds is 1. The number of benzene rings is 1. The fourth-order valence-electron chi connectivity index (χ4n) is 3.64. The molecule has 0 spiro atoms. The molecule has 2 heterocycles. The number of aromatic nitrogens is 1. The van der Waals surface area contributed by atoms with Gasteiger partial charge in [-0.05, 0) is 42.3 Å². The predicted octanol–water partition coefficient (Wildman–Crippen LogP) is 2.88. The molecule has 1 aromatic carbocycles. The molecule has 0 radical (unpaired) electrons. The van der Waals surface area contributed by atoms with Gasteiger partial charge in [0.25, 0.3) is 0 Å². The molecule has 4 nitrogen and oxygen atoms in total. The maximum Gasteiger partial charge on any atom is 0.311 e. The summed E-state index contributed by atoms with van der Waals surface area (Å²) < 4.78 is 1.01. The fourth-order valence-corrected chi connectivity index (χ4v) is 4.10. The summed E-state index contributed by atoms with van der Waals surface area (Å²) in [6, 6.07) is 4.45. The van der Waals surface area contributed by atoms with E-state index in [1.54, 1.807) is 0 Å². The molecular formula is C16H15BrN2O2. The summed E-state index contributed by atoms with van der Waals surface area (Å²) in [5, 5.41) is 10.6. The van der Waals surface area contributed by atoms with E-state index in [2.05, 4.69) is 44.1 Å². The van der Waals surface area contributed by atoms with Gasteiger partial charge in [-0.25, -0.2) is 0 Å².